The smallest absolute Gasteiger partial charge is 0.337 e. The molecule has 0 aliphatic carbocycles. The van der Waals surface area contributed by atoms with Gasteiger partial charge < -0.3 is 15.5 Å². The first-order valence-corrected chi connectivity index (χ1v) is 5.29. The highest BCUT2D eigenvalue weighted by Gasteiger charge is 2.12. The number of fused-ring (bicyclic) bond motifs is 1. The molecule has 5 nitrogen and oxygen atoms in total. The quantitative estimate of drug-likeness (QED) is 0.767. The summed E-state index contributed by atoms with van der Waals surface area (Å²) in [6.07, 6.45) is 0. The fraction of sp³-hybridized carbons (Fsp3) is 0.0769. The monoisotopic (exact) mass is 245 g/mol. The number of carboxylic acids is 2. The molecule has 2 rings (SSSR count). The number of aromatic carboxylic acids is 1. The number of aliphatic carboxylic acids is 1. The molecular formula is C13H11NO4. The van der Waals surface area contributed by atoms with Crippen LogP contribution in [-0.2, 0) is 4.79 Å². The summed E-state index contributed by atoms with van der Waals surface area (Å²) in [5, 5.41) is 22.0. The average molecular weight is 245 g/mol. The summed E-state index contributed by atoms with van der Waals surface area (Å²) in [5.41, 5.74) is 0.374. The lowest BCUT2D eigenvalue weighted by atomic mass is 10.0. The molecular weight excluding hydrogens is 234 g/mol. The Morgan fingerprint density at radius 3 is 2.22 bits per heavy atom. The van der Waals surface area contributed by atoms with Gasteiger partial charge in [-0.2, -0.15) is 0 Å². The second-order valence-corrected chi connectivity index (χ2v) is 3.80. The Balaban J connectivity index is 2.50. The molecule has 2 aromatic carbocycles. The van der Waals surface area contributed by atoms with Gasteiger partial charge in [-0.3, -0.25) is 4.79 Å². The van der Waals surface area contributed by atoms with Crippen LogP contribution in [-0.4, -0.2) is 28.7 Å². The Kier molecular flexibility index (Phi) is 3.14. The molecule has 2 aromatic rings. The van der Waals surface area contributed by atoms with Crippen LogP contribution in [0.3, 0.4) is 0 Å². The summed E-state index contributed by atoms with van der Waals surface area (Å²) in [4.78, 5) is 21.6. The highest BCUT2D eigenvalue weighted by molar-refractivity contribution is 6.01. The third-order valence-corrected chi connectivity index (χ3v) is 2.55. The lowest BCUT2D eigenvalue weighted by molar-refractivity contribution is -0.134. The SMILES string of the molecule is O=C(O)CNc1cc2ccccc2cc1C(=O)O. The maximum absolute atomic E-state index is 11.1. The molecule has 3 N–H and O–H groups in total. The number of rotatable bonds is 4. The summed E-state index contributed by atoms with van der Waals surface area (Å²) in [5.74, 6) is -2.13. The van der Waals surface area contributed by atoms with E-state index >= 15 is 0 Å². The van der Waals surface area contributed by atoms with Crippen LogP contribution in [0, 0.1) is 0 Å². The van der Waals surface area contributed by atoms with Crippen LogP contribution >= 0.6 is 0 Å². The van der Waals surface area contributed by atoms with Crippen molar-refractivity contribution >= 4 is 28.4 Å². The predicted octanol–water partition coefficient (Wildman–Crippen LogP) is 2.03. The maximum Gasteiger partial charge on any atom is 0.337 e. The Bertz CT molecular complexity index is 621. The van der Waals surface area contributed by atoms with Gasteiger partial charge in [-0.05, 0) is 22.9 Å². The summed E-state index contributed by atoms with van der Waals surface area (Å²) < 4.78 is 0. The van der Waals surface area contributed by atoms with Crippen molar-refractivity contribution in [1.82, 2.24) is 0 Å². The van der Waals surface area contributed by atoms with Crippen molar-refractivity contribution in [3.63, 3.8) is 0 Å². The Morgan fingerprint density at radius 1 is 1.06 bits per heavy atom. The molecule has 0 saturated carbocycles. The third kappa shape index (κ3) is 2.40. The van der Waals surface area contributed by atoms with Gasteiger partial charge in [0.25, 0.3) is 0 Å². The molecule has 0 saturated heterocycles. The summed E-state index contributed by atoms with van der Waals surface area (Å²) in [7, 11) is 0. The lowest BCUT2D eigenvalue weighted by Gasteiger charge is -2.09. The van der Waals surface area contributed by atoms with Gasteiger partial charge in [0.2, 0.25) is 0 Å². The fourth-order valence-electron chi connectivity index (χ4n) is 1.73. The van der Waals surface area contributed by atoms with Crippen LogP contribution in [0.2, 0.25) is 0 Å². The number of carbonyl (C=O) groups is 2. The normalized spacial score (nSPS) is 10.2. The van der Waals surface area contributed by atoms with E-state index in [1.807, 2.05) is 24.3 Å². The first-order chi connectivity index (χ1) is 8.58. The number of carboxylic acid groups (broad SMARTS) is 2. The van der Waals surface area contributed by atoms with Gasteiger partial charge >= 0.3 is 11.9 Å². The van der Waals surface area contributed by atoms with Gasteiger partial charge in [-0.1, -0.05) is 24.3 Å². The molecule has 0 aromatic heterocycles. The van der Waals surface area contributed by atoms with Crippen molar-refractivity contribution in [3.05, 3.63) is 42.0 Å². The van der Waals surface area contributed by atoms with Crippen LogP contribution in [0.4, 0.5) is 5.69 Å². The molecule has 0 unspecified atom stereocenters. The Hall–Kier alpha value is -2.56. The van der Waals surface area contributed by atoms with Crippen LogP contribution in [0.5, 0.6) is 0 Å². The van der Waals surface area contributed by atoms with Crippen molar-refractivity contribution in [2.24, 2.45) is 0 Å². The molecule has 0 heterocycles. The van der Waals surface area contributed by atoms with E-state index in [2.05, 4.69) is 5.32 Å². The van der Waals surface area contributed by atoms with Crippen LogP contribution < -0.4 is 5.32 Å². The molecule has 0 amide bonds. The minimum Gasteiger partial charge on any atom is -0.480 e. The van der Waals surface area contributed by atoms with Gasteiger partial charge in [-0.25, -0.2) is 4.79 Å². The van der Waals surface area contributed by atoms with E-state index in [-0.39, 0.29) is 12.1 Å². The number of hydrogen-bond donors (Lipinski definition) is 3. The highest BCUT2D eigenvalue weighted by Crippen LogP contribution is 2.24. The molecule has 0 aliphatic rings. The van der Waals surface area contributed by atoms with E-state index in [0.717, 1.165) is 10.8 Å². The van der Waals surface area contributed by atoms with E-state index in [4.69, 9.17) is 10.2 Å². The van der Waals surface area contributed by atoms with Gasteiger partial charge in [0.15, 0.2) is 0 Å². The van der Waals surface area contributed by atoms with Crippen LogP contribution in [0.25, 0.3) is 10.8 Å². The highest BCUT2D eigenvalue weighted by atomic mass is 16.4. The van der Waals surface area contributed by atoms with E-state index in [9.17, 15) is 9.59 Å². The lowest BCUT2D eigenvalue weighted by Crippen LogP contribution is -2.14. The molecule has 92 valence electrons. The number of benzene rings is 2. The summed E-state index contributed by atoms with van der Waals surface area (Å²) in [6.45, 7) is -0.321. The Morgan fingerprint density at radius 2 is 1.67 bits per heavy atom. The second-order valence-electron chi connectivity index (χ2n) is 3.80. The van der Waals surface area contributed by atoms with Gasteiger partial charge in [0, 0.05) is 5.69 Å². The topological polar surface area (TPSA) is 86.6 Å². The minimum absolute atomic E-state index is 0.0648. The third-order valence-electron chi connectivity index (χ3n) is 2.55. The standard InChI is InChI=1S/C13H11NO4/c15-12(16)7-14-11-6-9-4-2-1-3-8(9)5-10(11)13(17)18/h1-6,14H,7H2,(H,15,16)(H,17,18). The predicted molar refractivity (Wildman–Crippen MR) is 67.0 cm³/mol. The van der Waals surface area contributed by atoms with Crippen molar-refractivity contribution in [2.75, 3.05) is 11.9 Å². The van der Waals surface area contributed by atoms with Crippen molar-refractivity contribution < 1.29 is 19.8 Å². The van der Waals surface area contributed by atoms with Crippen molar-refractivity contribution in [2.45, 2.75) is 0 Å². The molecule has 0 fully saturated rings. The largest absolute Gasteiger partial charge is 0.480 e. The van der Waals surface area contributed by atoms with E-state index in [1.54, 1.807) is 6.07 Å². The average Bonchev–Trinajstić information content (AvgIpc) is 2.35. The van der Waals surface area contributed by atoms with Gasteiger partial charge in [0.05, 0.1) is 5.56 Å². The fourth-order valence-corrected chi connectivity index (χ4v) is 1.73. The van der Waals surface area contributed by atoms with Gasteiger partial charge in [-0.15, -0.1) is 0 Å². The van der Waals surface area contributed by atoms with Crippen LogP contribution in [0.1, 0.15) is 10.4 Å². The number of anilines is 1. The minimum atomic E-state index is -1.09. The summed E-state index contributed by atoms with van der Waals surface area (Å²) >= 11 is 0. The van der Waals surface area contributed by atoms with Gasteiger partial charge in [0.1, 0.15) is 6.54 Å². The molecule has 0 bridgehead atoms. The molecule has 18 heavy (non-hydrogen) atoms. The molecule has 0 radical (unpaired) electrons. The van der Waals surface area contributed by atoms with E-state index in [1.165, 1.54) is 6.07 Å². The molecule has 0 aliphatic heterocycles. The maximum atomic E-state index is 11.1. The molecule has 0 spiro atoms. The first-order valence-electron chi connectivity index (χ1n) is 5.29. The number of hydrogen-bond acceptors (Lipinski definition) is 3. The van der Waals surface area contributed by atoms with Crippen LogP contribution in [0.15, 0.2) is 36.4 Å². The Labute approximate surface area is 103 Å². The first kappa shape index (κ1) is 11.9. The zero-order valence-corrected chi connectivity index (χ0v) is 9.38. The zero-order valence-electron chi connectivity index (χ0n) is 9.38. The van der Waals surface area contributed by atoms with Crippen molar-refractivity contribution in [3.8, 4) is 0 Å². The number of nitrogens with one attached hydrogen (secondary N) is 1. The molecule has 5 heteroatoms. The zero-order chi connectivity index (χ0) is 13.1. The molecule has 0 atom stereocenters. The van der Waals surface area contributed by atoms with E-state index in [0.29, 0.717) is 5.69 Å². The summed E-state index contributed by atoms with van der Waals surface area (Å²) in [6, 6.07) is 10.5. The second kappa shape index (κ2) is 4.75. The van der Waals surface area contributed by atoms with E-state index < -0.39 is 11.9 Å². The van der Waals surface area contributed by atoms with Crippen molar-refractivity contribution in [1.29, 1.82) is 0 Å².